The van der Waals surface area contributed by atoms with Crippen LogP contribution in [-0.4, -0.2) is 43.0 Å². The maximum absolute atomic E-state index is 17.6. The predicted octanol–water partition coefficient (Wildman–Crippen LogP) is 20.0. The lowest BCUT2D eigenvalue weighted by atomic mass is 9.82. The smallest absolute Gasteiger partial charge is 0.200 e. The minimum Gasteiger partial charge on any atom is -0.373 e. The average molecular weight is 1710 g/mol. The van der Waals surface area contributed by atoms with Gasteiger partial charge in [0.2, 0.25) is 34.9 Å². The largest absolute Gasteiger partial charge is 0.373 e. The maximum atomic E-state index is 17.6. The third kappa shape index (κ3) is 10.6. The quantitative estimate of drug-likeness (QED) is 0.0753. The number of fused-ring (bicyclic) bond motifs is 8. The molecule has 0 unspecified atom stereocenters. The lowest BCUT2D eigenvalue weighted by molar-refractivity contribution is 0.0956. The second kappa shape index (κ2) is 27.1. The Kier molecular flexibility index (Phi) is 19.0. The van der Waals surface area contributed by atoms with Gasteiger partial charge < -0.3 is 20.2 Å². The van der Waals surface area contributed by atoms with Crippen LogP contribution in [0.4, 0.5) is 184 Å². The molecule has 0 spiro atoms. The molecule has 0 aliphatic carbocycles. The van der Waals surface area contributed by atoms with Crippen LogP contribution >= 0.6 is 0 Å². The molecule has 0 radical (unpaired) electrons. The van der Waals surface area contributed by atoms with E-state index in [9.17, 15) is 36.6 Å². The third-order valence-corrected chi connectivity index (χ3v) is 17.4. The first-order valence-corrected chi connectivity index (χ1v) is 29.2. The molecule has 6 aromatic carbocycles. The first kappa shape index (κ1) is 81.5. The Balaban J connectivity index is 1.37. The highest BCUT2D eigenvalue weighted by molar-refractivity contribution is 6.37. The highest BCUT2D eigenvalue weighted by Gasteiger charge is 2.58. The fraction of sp³-hybridized carbons (Fsp3) is 0.0303. The topological polar surface area (TPSA) is 121 Å². The van der Waals surface area contributed by atoms with Crippen LogP contribution in [0.3, 0.4) is 0 Å². The molecular weight excluding hydrogens is 1710 g/mol. The number of aliphatic imine (C=N–C) groups is 4. The van der Waals surface area contributed by atoms with Crippen LogP contribution in [0.1, 0.15) is 56.2 Å². The molecule has 8 nitrogen and oxygen atoms in total. The molecule has 0 fully saturated rings. The molecule has 2 aromatic heterocycles. The van der Waals surface area contributed by atoms with E-state index in [0.717, 1.165) is 0 Å². The van der Waals surface area contributed by atoms with E-state index in [1.165, 1.54) is 0 Å². The van der Waals surface area contributed by atoms with Gasteiger partial charge in [-0.15, -0.1) is 0 Å². The zero-order valence-corrected chi connectivity index (χ0v) is 52.6. The van der Waals surface area contributed by atoms with Gasteiger partial charge in [0.05, 0.1) is 56.2 Å². The molecular formula is C66H4F42N6O2. The van der Waals surface area contributed by atoms with Gasteiger partial charge in [0.15, 0.2) is 221 Å². The summed E-state index contributed by atoms with van der Waals surface area (Å²) in [6, 6.07) is 0. The molecule has 12 bridgehead atoms. The molecule has 0 saturated carbocycles. The number of aromatic nitrogens is 2. The number of H-pyrrole nitrogens is 2. The van der Waals surface area contributed by atoms with Crippen LogP contribution in [0, 0.1) is 198 Å². The number of benzene rings is 6. The molecule has 8 aromatic rings. The zero-order valence-electron chi connectivity index (χ0n) is 52.6. The first-order valence-electron chi connectivity index (χ1n) is 29.2. The van der Waals surface area contributed by atoms with Crippen LogP contribution in [0.2, 0.25) is 0 Å². The summed E-state index contributed by atoms with van der Waals surface area (Å²) >= 11 is 0. The first-order chi connectivity index (χ1) is 53.9. The molecule has 5 aliphatic rings. The molecule has 5 aliphatic heterocycles. The fourth-order valence-electron chi connectivity index (χ4n) is 12.2. The van der Waals surface area contributed by atoms with Crippen molar-refractivity contribution in [1.29, 1.82) is 0 Å². The SMILES string of the molecule is OC1(c2c(F)c(F)c(F)c(F)c2F)C2=N/C(=C(/c3c(F)c(F)c(F)c(F)c3F)C3=N/C(=C(/c4c(F)c(F)c(F)c(F)c4F)c4[nH]c(c(F)c4F)C(O)(c4c(F)c(F)c(F)c(F)c4F)c4[nH]c(c(F)c4F)/C(c4c(F)c(F)c(F)c(F)c4F)=C4N=C(C(F)=C\4F)/C(c4c(F)c(F)c(F)c(F)c4F)=C4\N=C1C(F)=C4F)C(F)=C3F)C(F)=C2F. The summed E-state index contributed by atoms with van der Waals surface area (Å²) in [5.41, 5.74) is -89.2. The van der Waals surface area contributed by atoms with Gasteiger partial charge in [0.25, 0.3) is 0 Å². The summed E-state index contributed by atoms with van der Waals surface area (Å²) in [4.78, 5) is 11.3. The van der Waals surface area contributed by atoms with E-state index >= 15 is 158 Å². The summed E-state index contributed by atoms with van der Waals surface area (Å²) in [6.45, 7) is 0. The molecule has 604 valence electrons. The van der Waals surface area contributed by atoms with E-state index in [2.05, 4.69) is 20.0 Å². The van der Waals surface area contributed by atoms with Crippen LogP contribution in [0.5, 0.6) is 0 Å². The van der Waals surface area contributed by atoms with Gasteiger partial charge in [-0.3, -0.25) is 0 Å². The number of aliphatic hydroxyl groups is 2. The maximum Gasteiger partial charge on any atom is 0.200 e. The van der Waals surface area contributed by atoms with Crippen molar-refractivity contribution < 1.29 is 195 Å². The van der Waals surface area contributed by atoms with Crippen LogP contribution in [0.25, 0.3) is 22.3 Å². The zero-order chi connectivity index (χ0) is 86.2. The molecule has 13 rings (SSSR count). The van der Waals surface area contributed by atoms with E-state index in [0.29, 0.717) is 9.97 Å². The summed E-state index contributed by atoms with van der Waals surface area (Å²) in [7, 11) is 0. The number of rotatable bonds is 6. The van der Waals surface area contributed by atoms with Gasteiger partial charge in [-0.25, -0.2) is 204 Å². The Morgan fingerprint density at radius 1 is 0.181 bits per heavy atom. The lowest BCUT2D eigenvalue weighted by Crippen LogP contribution is -2.46. The highest BCUT2D eigenvalue weighted by Crippen LogP contribution is 2.55. The minimum atomic E-state index is -6.33. The van der Waals surface area contributed by atoms with Gasteiger partial charge in [-0.2, -0.15) is 0 Å². The van der Waals surface area contributed by atoms with Crippen molar-refractivity contribution in [1.82, 2.24) is 9.97 Å². The molecule has 0 saturated heterocycles. The molecule has 116 heavy (non-hydrogen) atoms. The van der Waals surface area contributed by atoms with Gasteiger partial charge in [0.1, 0.15) is 45.6 Å². The second-order valence-electron chi connectivity index (χ2n) is 23.3. The Bertz CT molecular complexity index is 6010. The normalized spacial score (nSPS) is 20.7. The van der Waals surface area contributed by atoms with E-state index in [-0.39, 0.29) is 0 Å². The Morgan fingerprint density at radius 2 is 0.371 bits per heavy atom. The van der Waals surface area contributed by atoms with Crippen molar-refractivity contribution in [2.24, 2.45) is 20.0 Å². The lowest BCUT2D eigenvalue weighted by Gasteiger charge is -2.29. The standard InChI is InChI=1S/C66H4F42N6O2/c67-11-1(12(68)24(80)35(91)23(11)79)5-53-41(97)42(98)54(109-53)6(2-13(69)25(81)36(92)26(82)14(2)70)58-46(102)51(107)63(112-58)66(116,10-21(77)33(89)40(96)34(90)22(10)78)64-52(108)48(104)60(114-64)8(4-17(73)29(85)38(94)30(86)18(4)74)56-44(100)43(99)55(110-56)7(3-15(71)27(83)37(93)28(84)16(3)72)59-47(103)50(106)62(113-59)65(115,61-49(105)45(101)57(5)111-61)9-19(75)31(87)39(95)32(88)20(9)76/h111,113,115-116H/b53-5-,55-7-,58-6-,60-8-. The van der Waals surface area contributed by atoms with Crippen molar-refractivity contribution in [3.05, 3.63) is 323 Å². The number of hydrogen-bond acceptors (Lipinski definition) is 6. The van der Waals surface area contributed by atoms with Gasteiger partial charge in [-0.1, -0.05) is 0 Å². The summed E-state index contributed by atoms with van der Waals surface area (Å²) in [5.74, 6) is -159. The van der Waals surface area contributed by atoms with Crippen molar-refractivity contribution in [3.63, 3.8) is 0 Å². The number of nitrogens with one attached hydrogen (secondary N) is 2. The molecule has 0 amide bonds. The fourth-order valence-corrected chi connectivity index (χ4v) is 12.2. The third-order valence-electron chi connectivity index (χ3n) is 17.4. The number of nitrogens with zero attached hydrogens (tertiary/aromatic N) is 4. The van der Waals surface area contributed by atoms with Gasteiger partial charge in [0, 0.05) is 22.3 Å². The van der Waals surface area contributed by atoms with Gasteiger partial charge >= 0.3 is 0 Å². The van der Waals surface area contributed by atoms with E-state index in [4.69, 9.17) is 0 Å². The highest BCUT2D eigenvalue weighted by atomic mass is 19.2. The summed E-state index contributed by atoms with van der Waals surface area (Å²) in [5, 5.41) is 25.3. The monoisotopic (exact) mass is 1710 g/mol. The molecule has 50 heteroatoms. The molecule has 4 N–H and O–H groups in total. The van der Waals surface area contributed by atoms with Gasteiger partial charge in [-0.05, 0) is 0 Å². The molecule has 0 atom stereocenters. The Morgan fingerprint density at radius 3 is 0.612 bits per heavy atom. The summed E-state index contributed by atoms with van der Waals surface area (Å²) in [6.07, 6.45) is 0. The predicted molar refractivity (Wildman–Crippen MR) is 297 cm³/mol. The van der Waals surface area contributed by atoms with Crippen LogP contribution < -0.4 is 0 Å². The van der Waals surface area contributed by atoms with E-state index < -0.39 is 380 Å². The van der Waals surface area contributed by atoms with Crippen molar-refractivity contribution in [2.45, 2.75) is 11.2 Å². The molecule has 7 heterocycles. The minimum absolute atomic E-state index is 0.567. The number of halogens is 42. The number of hydrogen-bond donors (Lipinski definition) is 4. The summed E-state index contributed by atoms with van der Waals surface area (Å²) < 4.78 is 685. The Hall–Kier alpha value is -12.5. The van der Waals surface area contributed by atoms with Crippen molar-refractivity contribution in [2.75, 3.05) is 0 Å². The van der Waals surface area contributed by atoms with E-state index in [1.54, 1.807) is 0 Å². The average Bonchev–Trinajstić information content (AvgIpc) is 1.53. The number of allylic oxidation sites excluding steroid dienone is 8. The second-order valence-corrected chi connectivity index (χ2v) is 23.3. The van der Waals surface area contributed by atoms with Crippen molar-refractivity contribution in [3.8, 4) is 0 Å². The van der Waals surface area contributed by atoms with Crippen LogP contribution in [-0.2, 0) is 11.2 Å². The number of aromatic amines is 2. The van der Waals surface area contributed by atoms with Crippen molar-refractivity contribution >= 4 is 45.1 Å². The van der Waals surface area contributed by atoms with Crippen LogP contribution in [0.15, 0.2) is 89.4 Å². The Labute approximate surface area is 603 Å². The van der Waals surface area contributed by atoms with E-state index in [1.807, 2.05) is 0 Å².